The predicted molar refractivity (Wildman–Crippen MR) is 44.9 cm³/mol. The number of hydrogen-bond acceptors (Lipinski definition) is 1. The fourth-order valence-electron chi connectivity index (χ4n) is 1.01. The summed E-state index contributed by atoms with van der Waals surface area (Å²) in [4.78, 5) is 13.9. The van der Waals surface area contributed by atoms with Crippen LogP contribution < -0.4 is 0 Å². The molecule has 13 heavy (non-hydrogen) atoms. The predicted octanol–water partition coefficient (Wildman–Crippen LogP) is 2.10. The summed E-state index contributed by atoms with van der Waals surface area (Å²) in [5.41, 5.74) is -0.00694. The maximum atomic E-state index is 12.3. The Morgan fingerprint density at radius 1 is 1.54 bits per heavy atom. The van der Waals surface area contributed by atoms with Crippen molar-refractivity contribution in [2.24, 2.45) is 10.9 Å². The minimum atomic E-state index is -4.55. The Balaban J connectivity index is 3.00. The minimum absolute atomic E-state index is 0.00694. The molecule has 0 radical (unpaired) electrons. The van der Waals surface area contributed by atoms with E-state index in [1.165, 1.54) is 6.08 Å². The van der Waals surface area contributed by atoms with Gasteiger partial charge in [0.25, 0.3) is 5.91 Å². The quantitative estimate of drug-likeness (QED) is 0.660. The van der Waals surface area contributed by atoms with Crippen LogP contribution in [0.25, 0.3) is 0 Å². The average molecular weight is 256 g/mol. The van der Waals surface area contributed by atoms with Gasteiger partial charge in [-0.3, -0.25) is 4.79 Å². The van der Waals surface area contributed by atoms with E-state index in [9.17, 15) is 18.0 Å². The highest BCUT2D eigenvalue weighted by molar-refractivity contribution is 9.09. The molecule has 0 aromatic carbocycles. The largest absolute Gasteiger partial charge is 0.404 e. The van der Waals surface area contributed by atoms with Crippen molar-refractivity contribution in [1.82, 2.24) is 0 Å². The number of halogens is 4. The Morgan fingerprint density at radius 2 is 2.15 bits per heavy atom. The van der Waals surface area contributed by atoms with Gasteiger partial charge >= 0.3 is 6.18 Å². The van der Waals surface area contributed by atoms with Gasteiger partial charge in [0, 0.05) is 11.5 Å². The molecule has 0 aliphatic carbocycles. The molecule has 1 atom stereocenters. The molecule has 2 nitrogen and oxygen atoms in total. The lowest BCUT2D eigenvalue weighted by atomic mass is 9.97. The van der Waals surface area contributed by atoms with E-state index in [4.69, 9.17) is 0 Å². The molecule has 0 aromatic heterocycles. The zero-order valence-corrected chi connectivity index (χ0v) is 7.89. The van der Waals surface area contributed by atoms with Gasteiger partial charge in [-0.25, -0.2) is 4.99 Å². The van der Waals surface area contributed by atoms with Gasteiger partial charge in [0.2, 0.25) is 0 Å². The van der Waals surface area contributed by atoms with Crippen LogP contribution in [0.3, 0.4) is 0 Å². The second-order valence-electron chi connectivity index (χ2n) is 2.47. The topological polar surface area (TPSA) is 29.4 Å². The van der Waals surface area contributed by atoms with Crippen LogP contribution >= 0.6 is 15.9 Å². The molecule has 1 unspecified atom stereocenters. The van der Waals surface area contributed by atoms with E-state index < -0.39 is 18.0 Å². The molecule has 0 spiro atoms. The van der Waals surface area contributed by atoms with Crippen molar-refractivity contribution in [3.63, 3.8) is 0 Å². The van der Waals surface area contributed by atoms with Crippen LogP contribution in [0, 0.1) is 5.92 Å². The summed E-state index contributed by atoms with van der Waals surface area (Å²) in [7, 11) is 0. The minimum Gasteiger partial charge on any atom is -0.272 e. The van der Waals surface area contributed by atoms with E-state index in [1.807, 2.05) is 0 Å². The van der Waals surface area contributed by atoms with Crippen molar-refractivity contribution in [1.29, 1.82) is 0 Å². The summed E-state index contributed by atoms with van der Waals surface area (Å²) >= 11 is 2.89. The van der Waals surface area contributed by atoms with Crippen LogP contribution in [0.15, 0.2) is 16.6 Å². The van der Waals surface area contributed by atoms with E-state index in [0.717, 1.165) is 6.21 Å². The fraction of sp³-hybridized carbons (Fsp3) is 0.429. The molecule has 1 heterocycles. The molecular weight excluding hydrogens is 251 g/mol. The number of carbonyl (C=O) groups excluding carboxylic acids is 1. The number of alkyl halides is 4. The number of carbonyl (C=O) groups is 1. The van der Waals surface area contributed by atoms with E-state index in [0.29, 0.717) is 0 Å². The third kappa shape index (κ3) is 2.18. The smallest absolute Gasteiger partial charge is 0.272 e. The standard InChI is InChI=1S/C7H5BrF3NO/c8-3-4-1-2-12-6(13)5(4)7(9,10)11/h1-2,5H,3H2. The van der Waals surface area contributed by atoms with Crippen LogP contribution in [0.4, 0.5) is 13.2 Å². The number of hydrogen-bond donors (Lipinski definition) is 0. The molecule has 0 bridgehead atoms. The van der Waals surface area contributed by atoms with Gasteiger partial charge in [0.15, 0.2) is 5.92 Å². The van der Waals surface area contributed by atoms with Crippen LogP contribution in [-0.4, -0.2) is 23.6 Å². The van der Waals surface area contributed by atoms with Crippen LogP contribution in [0.2, 0.25) is 0 Å². The summed E-state index contributed by atoms with van der Waals surface area (Å²) < 4.78 is 36.8. The number of amides is 1. The van der Waals surface area contributed by atoms with Crippen molar-refractivity contribution in [3.8, 4) is 0 Å². The lowest BCUT2D eigenvalue weighted by Gasteiger charge is -2.20. The van der Waals surface area contributed by atoms with E-state index >= 15 is 0 Å². The number of dihydropyridines is 1. The Kier molecular flexibility index (Phi) is 2.90. The number of rotatable bonds is 1. The maximum Gasteiger partial charge on any atom is 0.404 e. The molecule has 1 rings (SSSR count). The zero-order chi connectivity index (χ0) is 10.1. The summed E-state index contributed by atoms with van der Waals surface area (Å²) in [6, 6.07) is 0. The summed E-state index contributed by atoms with van der Waals surface area (Å²) in [5.74, 6) is -3.22. The summed E-state index contributed by atoms with van der Waals surface area (Å²) in [6.07, 6.45) is -2.26. The third-order valence-electron chi connectivity index (χ3n) is 1.59. The Labute approximate surface area is 80.7 Å². The molecule has 0 fully saturated rings. The summed E-state index contributed by atoms with van der Waals surface area (Å²) in [6.45, 7) is 0. The van der Waals surface area contributed by atoms with Crippen LogP contribution in [-0.2, 0) is 4.79 Å². The first-order valence-corrected chi connectivity index (χ1v) is 4.48. The maximum absolute atomic E-state index is 12.3. The lowest BCUT2D eigenvalue weighted by Crippen LogP contribution is -2.33. The molecule has 0 N–H and O–H groups in total. The average Bonchev–Trinajstić information content (AvgIpc) is 2.01. The van der Waals surface area contributed by atoms with Gasteiger partial charge in [-0.2, -0.15) is 13.2 Å². The number of aliphatic imine (C=N–C) groups is 1. The van der Waals surface area contributed by atoms with E-state index in [-0.39, 0.29) is 10.9 Å². The highest BCUT2D eigenvalue weighted by Gasteiger charge is 2.47. The second-order valence-corrected chi connectivity index (χ2v) is 3.03. The van der Waals surface area contributed by atoms with Gasteiger partial charge in [0.1, 0.15) is 0 Å². The molecule has 0 saturated heterocycles. The Hall–Kier alpha value is -0.650. The Bertz CT molecular complexity index is 282. The molecule has 0 saturated carbocycles. The second kappa shape index (κ2) is 3.61. The Morgan fingerprint density at radius 3 is 2.54 bits per heavy atom. The monoisotopic (exact) mass is 255 g/mol. The van der Waals surface area contributed by atoms with Gasteiger partial charge in [-0.1, -0.05) is 15.9 Å². The van der Waals surface area contributed by atoms with Gasteiger partial charge < -0.3 is 0 Å². The lowest BCUT2D eigenvalue weighted by molar-refractivity contribution is -0.172. The van der Waals surface area contributed by atoms with E-state index in [2.05, 4.69) is 20.9 Å². The molecular formula is C7H5BrF3NO. The van der Waals surface area contributed by atoms with Crippen molar-refractivity contribution < 1.29 is 18.0 Å². The number of nitrogens with zero attached hydrogens (tertiary/aromatic N) is 1. The van der Waals surface area contributed by atoms with Gasteiger partial charge in [-0.05, 0) is 11.6 Å². The molecule has 1 aliphatic rings. The van der Waals surface area contributed by atoms with Crippen LogP contribution in [0.1, 0.15) is 0 Å². The van der Waals surface area contributed by atoms with Gasteiger partial charge in [0.05, 0.1) is 0 Å². The van der Waals surface area contributed by atoms with E-state index in [1.54, 1.807) is 0 Å². The highest BCUT2D eigenvalue weighted by Crippen LogP contribution is 2.34. The molecule has 1 aliphatic heterocycles. The highest BCUT2D eigenvalue weighted by atomic mass is 79.9. The first kappa shape index (κ1) is 10.4. The molecule has 0 aromatic rings. The number of allylic oxidation sites excluding steroid dienone is 1. The van der Waals surface area contributed by atoms with Crippen molar-refractivity contribution in [2.75, 3.05) is 5.33 Å². The summed E-state index contributed by atoms with van der Waals surface area (Å²) in [5, 5.41) is 0.0228. The molecule has 6 heteroatoms. The van der Waals surface area contributed by atoms with Gasteiger partial charge in [-0.15, -0.1) is 0 Å². The molecule has 1 amide bonds. The zero-order valence-electron chi connectivity index (χ0n) is 6.31. The first-order chi connectivity index (χ1) is 5.96. The fourth-order valence-corrected chi connectivity index (χ4v) is 1.52. The first-order valence-electron chi connectivity index (χ1n) is 3.36. The van der Waals surface area contributed by atoms with Crippen molar-refractivity contribution in [3.05, 3.63) is 11.6 Å². The SMILES string of the molecule is O=C1N=CC=C(CBr)C1C(F)(F)F. The third-order valence-corrected chi connectivity index (χ3v) is 2.24. The van der Waals surface area contributed by atoms with Crippen molar-refractivity contribution in [2.45, 2.75) is 6.18 Å². The van der Waals surface area contributed by atoms with Crippen molar-refractivity contribution >= 4 is 28.1 Å². The normalized spacial score (nSPS) is 23.2. The van der Waals surface area contributed by atoms with Crippen LogP contribution in [0.5, 0.6) is 0 Å². The molecule has 72 valence electrons.